The predicted molar refractivity (Wildman–Crippen MR) is 69.4 cm³/mol. The summed E-state index contributed by atoms with van der Waals surface area (Å²) in [5.74, 6) is -1.06. The monoisotopic (exact) mass is 264 g/mol. The highest BCUT2D eigenvalue weighted by atomic mass is 32.2. The van der Waals surface area contributed by atoms with Crippen molar-refractivity contribution < 1.29 is 13.2 Å². The van der Waals surface area contributed by atoms with E-state index in [4.69, 9.17) is 5.73 Å². The van der Waals surface area contributed by atoms with Crippen molar-refractivity contribution in [3.05, 3.63) is 0 Å². The lowest BCUT2D eigenvalue weighted by molar-refractivity contribution is -0.120. The van der Waals surface area contributed by atoms with E-state index < -0.39 is 21.5 Å². The lowest BCUT2D eigenvalue weighted by Gasteiger charge is -2.24. The SMILES string of the molecule is CCC(C)(C)NC(=O)CS(=O)(=O)CC(C)CN. The van der Waals surface area contributed by atoms with Crippen molar-refractivity contribution in [3.63, 3.8) is 0 Å². The van der Waals surface area contributed by atoms with Crippen LogP contribution in [0.5, 0.6) is 0 Å². The summed E-state index contributed by atoms with van der Waals surface area (Å²) in [4.78, 5) is 11.6. The molecule has 17 heavy (non-hydrogen) atoms. The summed E-state index contributed by atoms with van der Waals surface area (Å²) in [7, 11) is -3.36. The summed E-state index contributed by atoms with van der Waals surface area (Å²) in [6.45, 7) is 7.72. The summed E-state index contributed by atoms with van der Waals surface area (Å²) in [6.07, 6.45) is 0.748. The van der Waals surface area contributed by atoms with Gasteiger partial charge in [0.2, 0.25) is 5.91 Å². The molecular weight excluding hydrogens is 240 g/mol. The Morgan fingerprint density at radius 3 is 2.35 bits per heavy atom. The lowest BCUT2D eigenvalue weighted by atomic mass is 10.0. The van der Waals surface area contributed by atoms with Crippen molar-refractivity contribution in [2.75, 3.05) is 18.1 Å². The molecule has 0 bridgehead atoms. The maximum atomic E-state index is 11.7. The summed E-state index contributed by atoms with van der Waals surface area (Å²) < 4.78 is 23.3. The molecule has 5 nitrogen and oxygen atoms in total. The van der Waals surface area contributed by atoms with Crippen LogP contribution in [-0.4, -0.2) is 37.9 Å². The Hall–Kier alpha value is -0.620. The molecule has 0 heterocycles. The fourth-order valence-corrected chi connectivity index (χ4v) is 2.85. The van der Waals surface area contributed by atoms with E-state index in [1.54, 1.807) is 6.92 Å². The van der Waals surface area contributed by atoms with Gasteiger partial charge in [0, 0.05) is 5.54 Å². The van der Waals surface area contributed by atoms with E-state index in [1.807, 2.05) is 20.8 Å². The first-order chi connectivity index (χ1) is 7.62. The van der Waals surface area contributed by atoms with Crippen LogP contribution >= 0.6 is 0 Å². The second kappa shape index (κ2) is 6.35. The van der Waals surface area contributed by atoms with Crippen molar-refractivity contribution in [1.82, 2.24) is 5.32 Å². The zero-order valence-corrected chi connectivity index (χ0v) is 11.9. The fourth-order valence-electron chi connectivity index (χ4n) is 1.26. The van der Waals surface area contributed by atoms with Crippen molar-refractivity contribution >= 4 is 15.7 Å². The second-order valence-corrected chi connectivity index (χ2v) is 7.29. The molecule has 3 N–H and O–H groups in total. The molecule has 0 rings (SSSR count). The van der Waals surface area contributed by atoms with Crippen LogP contribution in [0.4, 0.5) is 0 Å². The molecule has 102 valence electrons. The molecule has 1 unspecified atom stereocenters. The van der Waals surface area contributed by atoms with Crippen LogP contribution in [0, 0.1) is 5.92 Å². The number of hydrogen-bond donors (Lipinski definition) is 2. The first kappa shape index (κ1) is 16.4. The van der Waals surface area contributed by atoms with Crippen LogP contribution in [0.2, 0.25) is 0 Å². The van der Waals surface area contributed by atoms with Gasteiger partial charge in [0.1, 0.15) is 5.75 Å². The molecular formula is C11H24N2O3S. The Kier molecular flexibility index (Phi) is 6.12. The van der Waals surface area contributed by atoms with E-state index >= 15 is 0 Å². The first-order valence-corrected chi connectivity index (χ1v) is 7.65. The molecule has 0 saturated heterocycles. The second-order valence-electron chi connectivity index (χ2n) is 5.18. The minimum atomic E-state index is -3.36. The third-order valence-electron chi connectivity index (χ3n) is 2.65. The summed E-state index contributed by atoms with van der Waals surface area (Å²) in [5.41, 5.74) is 5.00. The number of carbonyl (C=O) groups excluding carboxylic acids is 1. The minimum Gasteiger partial charge on any atom is -0.350 e. The van der Waals surface area contributed by atoms with Crippen LogP contribution in [0.25, 0.3) is 0 Å². The van der Waals surface area contributed by atoms with Gasteiger partial charge in [-0.25, -0.2) is 8.42 Å². The number of nitrogens with one attached hydrogen (secondary N) is 1. The van der Waals surface area contributed by atoms with Gasteiger partial charge in [-0.2, -0.15) is 0 Å². The average molecular weight is 264 g/mol. The summed E-state index contributed by atoms with van der Waals surface area (Å²) in [5, 5.41) is 2.70. The molecule has 0 spiro atoms. The van der Waals surface area contributed by atoms with Crippen molar-refractivity contribution in [2.45, 2.75) is 39.7 Å². The molecule has 1 atom stereocenters. The van der Waals surface area contributed by atoms with Crippen molar-refractivity contribution in [2.24, 2.45) is 11.7 Å². The number of sulfone groups is 1. The smallest absolute Gasteiger partial charge is 0.235 e. The number of carbonyl (C=O) groups is 1. The molecule has 0 aromatic carbocycles. The summed E-state index contributed by atoms with van der Waals surface area (Å²) in [6, 6.07) is 0. The van der Waals surface area contributed by atoms with E-state index in [2.05, 4.69) is 5.32 Å². The van der Waals surface area contributed by atoms with Crippen LogP contribution in [0.1, 0.15) is 34.1 Å². The first-order valence-electron chi connectivity index (χ1n) is 5.83. The normalized spacial score (nSPS) is 14.4. The van der Waals surface area contributed by atoms with Gasteiger partial charge in [-0.1, -0.05) is 13.8 Å². The summed E-state index contributed by atoms with van der Waals surface area (Å²) >= 11 is 0. The van der Waals surface area contributed by atoms with E-state index in [-0.39, 0.29) is 17.2 Å². The molecule has 1 amide bonds. The van der Waals surface area contributed by atoms with Gasteiger partial charge in [-0.05, 0) is 32.7 Å². The third-order valence-corrected chi connectivity index (χ3v) is 4.43. The molecule has 6 heteroatoms. The van der Waals surface area contributed by atoms with Gasteiger partial charge < -0.3 is 11.1 Å². The van der Waals surface area contributed by atoms with Crippen LogP contribution < -0.4 is 11.1 Å². The van der Waals surface area contributed by atoms with Crippen LogP contribution in [0.3, 0.4) is 0 Å². The van der Waals surface area contributed by atoms with Gasteiger partial charge in [0.25, 0.3) is 0 Å². The van der Waals surface area contributed by atoms with Crippen molar-refractivity contribution in [3.8, 4) is 0 Å². The molecule has 0 aliphatic heterocycles. The maximum Gasteiger partial charge on any atom is 0.235 e. The van der Waals surface area contributed by atoms with E-state index in [9.17, 15) is 13.2 Å². The Labute approximate surface area is 104 Å². The lowest BCUT2D eigenvalue weighted by Crippen LogP contribution is -2.45. The molecule has 0 aliphatic rings. The highest BCUT2D eigenvalue weighted by molar-refractivity contribution is 7.92. The van der Waals surface area contributed by atoms with Crippen molar-refractivity contribution in [1.29, 1.82) is 0 Å². The Bertz CT molecular complexity index is 350. The van der Waals surface area contributed by atoms with Gasteiger partial charge in [-0.3, -0.25) is 4.79 Å². The zero-order valence-electron chi connectivity index (χ0n) is 11.1. The standard InChI is InChI=1S/C11H24N2O3S/c1-5-11(3,4)13-10(14)8-17(15,16)7-9(2)6-12/h9H,5-8,12H2,1-4H3,(H,13,14). The van der Waals surface area contributed by atoms with Gasteiger partial charge in [-0.15, -0.1) is 0 Å². The molecule has 0 saturated carbocycles. The maximum absolute atomic E-state index is 11.7. The molecule has 0 aromatic rings. The van der Waals surface area contributed by atoms with E-state index in [0.717, 1.165) is 6.42 Å². The largest absolute Gasteiger partial charge is 0.350 e. The Balaban J connectivity index is 4.39. The molecule has 0 fully saturated rings. The van der Waals surface area contributed by atoms with E-state index in [0.29, 0.717) is 6.54 Å². The topological polar surface area (TPSA) is 89.3 Å². The zero-order chi connectivity index (χ0) is 13.7. The number of amides is 1. The average Bonchev–Trinajstić information content (AvgIpc) is 2.14. The third kappa shape index (κ3) is 7.33. The van der Waals surface area contributed by atoms with E-state index in [1.165, 1.54) is 0 Å². The number of rotatable bonds is 7. The number of hydrogen-bond acceptors (Lipinski definition) is 4. The number of nitrogens with two attached hydrogens (primary N) is 1. The van der Waals surface area contributed by atoms with Gasteiger partial charge in [0.05, 0.1) is 5.75 Å². The minimum absolute atomic E-state index is 0.0382. The Morgan fingerprint density at radius 1 is 1.41 bits per heavy atom. The molecule has 0 aliphatic carbocycles. The van der Waals surface area contributed by atoms with Gasteiger partial charge in [0.15, 0.2) is 9.84 Å². The fraction of sp³-hybridized carbons (Fsp3) is 0.909. The quantitative estimate of drug-likeness (QED) is 0.692. The highest BCUT2D eigenvalue weighted by Crippen LogP contribution is 2.07. The van der Waals surface area contributed by atoms with Crippen LogP contribution in [0.15, 0.2) is 0 Å². The predicted octanol–water partition coefficient (Wildman–Crippen LogP) is 0.301. The highest BCUT2D eigenvalue weighted by Gasteiger charge is 2.23. The van der Waals surface area contributed by atoms with Gasteiger partial charge >= 0.3 is 0 Å². The Morgan fingerprint density at radius 2 is 1.94 bits per heavy atom. The molecule has 0 aromatic heterocycles. The molecule has 0 radical (unpaired) electrons. The van der Waals surface area contributed by atoms with Crippen LogP contribution in [-0.2, 0) is 14.6 Å².